The number of aryl methyl sites for hydroxylation is 1. The van der Waals surface area contributed by atoms with Crippen molar-refractivity contribution < 1.29 is 14.3 Å². The molecule has 1 aromatic rings. The topological polar surface area (TPSA) is 35.5 Å². The van der Waals surface area contributed by atoms with Crippen LogP contribution >= 0.6 is 0 Å². The molecule has 1 unspecified atom stereocenters. The highest BCUT2D eigenvalue weighted by Gasteiger charge is 2.19. The molecular weight excluding hydrogens is 252 g/mol. The number of rotatable bonds is 8. The molecule has 3 heteroatoms. The zero-order chi connectivity index (χ0) is 15.2. The van der Waals surface area contributed by atoms with Gasteiger partial charge < -0.3 is 9.47 Å². The summed E-state index contributed by atoms with van der Waals surface area (Å²) in [4.78, 5) is 12.2. The quantitative estimate of drug-likeness (QED) is 0.681. The van der Waals surface area contributed by atoms with Crippen LogP contribution in [0.1, 0.15) is 50.0 Å². The summed E-state index contributed by atoms with van der Waals surface area (Å²) in [7, 11) is 1.68. The van der Waals surface area contributed by atoms with Gasteiger partial charge in [-0.05, 0) is 39.2 Å². The Hall–Kier alpha value is -1.19. The third-order valence-corrected chi connectivity index (χ3v) is 3.64. The molecule has 1 rings (SSSR count). The molecular formula is C17H26O3. The Labute approximate surface area is 122 Å². The van der Waals surface area contributed by atoms with Crippen LogP contribution in [0, 0.1) is 0 Å². The first kappa shape index (κ1) is 16.9. The summed E-state index contributed by atoms with van der Waals surface area (Å²) in [5, 5.41) is 0. The molecule has 1 aromatic carbocycles. The van der Waals surface area contributed by atoms with Crippen molar-refractivity contribution in [2.45, 2.75) is 52.2 Å². The van der Waals surface area contributed by atoms with Gasteiger partial charge in [-0.1, -0.05) is 31.2 Å². The molecule has 0 heterocycles. The molecule has 20 heavy (non-hydrogen) atoms. The van der Waals surface area contributed by atoms with Crippen LogP contribution in [-0.4, -0.2) is 31.2 Å². The highest BCUT2D eigenvalue weighted by Crippen LogP contribution is 2.14. The summed E-state index contributed by atoms with van der Waals surface area (Å²) in [6.45, 7) is 8.43. The van der Waals surface area contributed by atoms with Gasteiger partial charge in [0.2, 0.25) is 0 Å². The number of ether oxygens (including phenoxy) is 2. The van der Waals surface area contributed by atoms with Gasteiger partial charge in [0.25, 0.3) is 0 Å². The molecule has 0 saturated heterocycles. The molecule has 0 radical (unpaired) electrons. The van der Waals surface area contributed by atoms with Gasteiger partial charge >= 0.3 is 0 Å². The monoisotopic (exact) mass is 278 g/mol. The Bertz CT molecular complexity index is 420. The summed E-state index contributed by atoms with van der Waals surface area (Å²) in [6, 6.07) is 7.74. The van der Waals surface area contributed by atoms with Crippen LogP contribution in [0.3, 0.4) is 0 Å². The minimum absolute atomic E-state index is 0.0304. The minimum atomic E-state index is -0.421. The van der Waals surface area contributed by atoms with Crippen molar-refractivity contribution in [2.75, 3.05) is 13.7 Å². The van der Waals surface area contributed by atoms with Gasteiger partial charge in [-0.25, -0.2) is 0 Å². The number of carbonyl (C=O) groups excluding carboxylic acids is 1. The first-order chi connectivity index (χ1) is 9.39. The van der Waals surface area contributed by atoms with Crippen molar-refractivity contribution >= 4 is 5.78 Å². The van der Waals surface area contributed by atoms with Crippen LogP contribution in [0.15, 0.2) is 24.3 Å². The average molecular weight is 278 g/mol. The number of ketones is 1. The highest BCUT2D eigenvalue weighted by atomic mass is 16.5. The maximum atomic E-state index is 12.2. The third-order valence-electron chi connectivity index (χ3n) is 3.64. The fraction of sp³-hybridized carbons (Fsp3) is 0.588. The molecule has 0 saturated carbocycles. The first-order valence-electron chi connectivity index (χ1n) is 7.19. The maximum absolute atomic E-state index is 12.2. The molecule has 0 spiro atoms. The Morgan fingerprint density at radius 2 is 1.85 bits per heavy atom. The normalized spacial score (nSPS) is 13.2. The third kappa shape index (κ3) is 5.06. The number of hydrogen-bond acceptors (Lipinski definition) is 3. The minimum Gasteiger partial charge on any atom is -0.379 e. The molecule has 0 aliphatic carbocycles. The standard InChI is InChI=1S/C17H26O3/c1-6-14-7-9-15(10-8-14)16(18)13(2)20-12-11-17(3,4)19-5/h7-10,13H,6,11-12H2,1-5H3. The summed E-state index contributed by atoms with van der Waals surface area (Å²) < 4.78 is 10.9. The summed E-state index contributed by atoms with van der Waals surface area (Å²) >= 11 is 0. The Kier molecular flexibility index (Phi) is 6.37. The highest BCUT2D eigenvalue weighted by molar-refractivity contribution is 5.99. The Morgan fingerprint density at radius 1 is 1.25 bits per heavy atom. The molecule has 0 aromatic heterocycles. The molecule has 3 nitrogen and oxygen atoms in total. The van der Waals surface area contributed by atoms with Gasteiger partial charge in [0.1, 0.15) is 6.10 Å². The van der Waals surface area contributed by atoms with Crippen LogP contribution in [-0.2, 0) is 15.9 Å². The predicted octanol–water partition coefficient (Wildman–Crippen LogP) is 3.65. The van der Waals surface area contributed by atoms with E-state index < -0.39 is 6.10 Å². The second kappa shape index (κ2) is 7.55. The van der Waals surface area contributed by atoms with Crippen molar-refractivity contribution in [3.8, 4) is 0 Å². The van der Waals surface area contributed by atoms with Crippen molar-refractivity contribution in [1.82, 2.24) is 0 Å². The summed E-state index contributed by atoms with van der Waals surface area (Å²) in [6.07, 6.45) is 1.32. The van der Waals surface area contributed by atoms with Gasteiger partial charge in [-0.15, -0.1) is 0 Å². The van der Waals surface area contributed by atoms with E-state index in [1.807, 2.05) is 38.1 Å². The molecule has 1 atom stereocenters. The lowest BCUT2D eigenvalue weighted by atomic mass is 10.0. The molecule has 0 fully saturated rings. The van der Waals surface area contributed by atoms with E-state index in [0.29, 0.717) is 12.2 Å². The van der Waals surface area contributed by atoms with E-state index in [1.54, 1.807) is 14.0 Å². The van der Waals surface area contributed by atoms with E-state index in [0.717, 1.165) is 12.8 Å². The van der Waals surface area contributed by atoms with Gasteiger partial charge in [-0.2, -0.15) is 0 Å². The number of hydrogen-bond donors (Lipinski definition) is 0. The lowest BCUT2D eigenvalue weighted by Crippen LogP contribution is -2.28. The lowest BCUT2D eigenvalue weighted by Gasteiger charge is -2.23. The van der Waals surface area contributed by atoms with Crippen LogP contribution < -0.4 is 0 Å². The Morgan fingerprint density at radius 3 is 2.35 bits per heavy atom. The largest absolute Gasteiger partial charge is 0.379 e. The average Bonchev–Trinajstić information content (AvgIpc) is 2.46. The number of Topliss-reactive ketones (excluding diaryl/α,β-unsaturated/α-hetero) is 1. The molecule has 0 bridgehead atoms. The van der Waals surface area contributed by atoms with Crippen LogP contribution in [0.2, 0.25) is 0 Å². The fourth-order valence-electron chi connectivity index (χ4n) is 1.80. The number of carbonyl (C=O) groups is 1. The molecule has 112 valence electrons. The zero-order valence-electron chi connectivity index (χ0n) is 13.2. The second-order valence-corrected chi connectivity index (χ2v) is 5.64. The first-order valence-corrected chi connectivity index (χ1v) is 7.19. The smallest absolute Gasteiger partial charge is 0.191 e. The lowest BCUT2D eigenvalue weighted by molar-refractivity contribution is -0.0197. The predicted molar refractivity (Wildman–Crippen MR) is 81.3 cm³/mol. The number of benzene rings is 1. The second-order valence-electron chi connectivity index (χ2n) is 5.64. The van der Waals surface area contributed by atoms with Crippen LogP contribution in [0.25, 0.3) is 0 Å². The van der Waals surface area contributed by atoms with Crippen molar-refractivity contribution in [2.24, 2.45) is 0 Å². The van der Waals surface area contributed by atoms with Gasteiger partial charge in [0.05, 0.1) is 12.2 Å². The van der Waals surface area contributed by atoms with Crippen molar-refractivity contribution in [3.05, 3.63) is 35.4 Å². The molecule has 0 aliphatic rings. The van der Waals surface area contributed by atoms with Crippen molar-refractivity contribution in [3.63, 3.8) is 0 Å². The molecule has 0 N–H and O–H groups in total. The van der Waals surface area contributed by atoms with Crippen LogP contribution in [0.5, 0.6) is 0 Å². The molecule has 0 aliphatic heterocycles. The van der Waals surface area contributed by atoms with E-state index in [9.17, 15) is 4.79 Å². The van der Waals surface area contributed by atoms with E-state index in [2.05, 4.69) is 6.92 Å². The summed E-state index contributed by atoms with van der Waals surface area (Å²) in [5.74, 6) is 0.0304. The van der Waals surface area contributed by atoms with E-state index in [-0.39, 0.29) is 11.4 Å². The van der Waals surface area contributed by atoms with Gasteiger partial charge in [0, 0.05) is 12.7 Å². The Balaban J connectivity index is 2.50. The maximum Gasteiger partial charge on any atom is 0.191 e. The summed E-state index contributed by atoms with van der Waals surface area (Å²) in [5.41, 5.74) is 1.73. The SMILES string of the molecule is CCc1ccc(C(=O)C(C)OCCC(C)(C)OC)cc1. The molecule has 0 amide bonds. The fourth-order valence-corrected chi connectivity index (χ4v) is 1.80. The number of methoxy groups -OCH3 is 1. The van der Waals surface area contributed by atoms with E-state index >= 15 is 0 Å². The van der Waals surface area contributed by atoms with Crippen LogP contribution in [0.4, 0.5) is 0 Å². The van der Waals surface area contributed by atoms with E-state index in [4.69, 9.17) is 9.47 Å². The van der Waals surface area contributed by atoms with Gasteiger partial charge in [0.15, 0.2) is 5.78 Å². The zero-order valence-corrected chi connectivity index (χ0v) is 13.2. The van der Waals surface area contributed by atoms with E-state index in [1.165, 1.54) is 5.56 Å². The van der Waals surface area contributed by atoms with Gasteiger partial charge in [-0.3, -0.25) is 4.79 Å². The van der Waals surface area contributed by atoms with Crippen molar-refractivity contribution in [1.29, 1.82) is 0 Å².